The third kappa shape index (κ3) is 2.71. The minimum Gasteiger partial charge on any atom is -0.506 e. The maximum Gasteiger partial charge on any atom is 0.161 e. The highest BCUT2D eigenvalue weighted by Gasteiger charge is 2.09. The number of hydrogen-bond acceptors (Lipinski definition) is 4. The summed E-state index contributed by atoms with van der Waals surface area (Å²) in [5.41, 5.74) is 0.443. The van der Waals surface area contributed by atoms with Gasteiger partial charge in [0, 0.05) is 10.4 Å². The summed E-state index contributed by atoms with van der Waals surface area (Å²) >= 11 is 11.7. The minimum atomic E-state index is -0.213. The number of hydrogen-bond donors (Lipinski definition) is 2. The standard InChI is InChI=1S/C16H10Cl2N2O2/c17-10-7-12(18)16(22)13(8-10)19-20-15-11-4-2-1-3-9(11)5-6-14(15)21/h1-8,21-22H. The second-order valence-corrected chi connectivity index (χ2v) is 5.45. The summed E-state index contributed by atoms with van der Waals surface area (Å²) in [6, 6.07) is 13.6. The van der Waals surface area contributed by atoms with E-state index in [1.54, 1.807) is 12.1 Å². The maximum atomic E-state index is 10.00. The molecule has 110 valence electrons. The van der Waals surface area contributed by atoms with Gasteiger partial charge in [0.05, 0.1) is 5.02 Å². The van der Waals surface area contributed by atoms with Crippen LogP contribution in [0.1, 0.15) is 0 Å². The van der Waals surface area contributed by atoms with Crippen molar-refractivity contribution < 1.29 is 10.2 Å². The Morgan fingerprint density at radius 1 is 0.864 bits per heavy atom. The molecule has 0 saturated heterocycles. The van der Waals surface area contributed by atoms with Crippen LogP contribution >= 0.6 is 23.2 Å². The van der Waals surface area contributed by atoms with Gasteiger partial charge in [-0.1, -0.05) is 53.5 Å². The lowest BCUT2D eigenvalue weighted by molar-refractivity contribution is 0.474. The van der Waals surface area contributed by atoms with Crippen LogP contribution in [0.25, 0.3) is 10.8 Å². The second kappa shape index (κ2) is 5.83. The van der Waals surface area contributed by atoms with Crippen LogP contribution in [0.15, 0.2) is 58.8 Å². The smallest absolute Gasteiger partial charge is 0.161 e. The summed E-state index contributed by atoms with van der Waals surface area (Å²) in [4.78, 5) is 0. The Hall–Kier alpha value is -2.30. The molecule has 4 nitrogen and oxygen atoms in total. The number of halogens is 2. The van der Waals surface area contributed by atoms with E-state index in [9.17, 15) is 10.2 Å². The van der Waals surface area contributed by atoms with Gasteiger partial charge in [-0.15, -0.1) is 10.2 Å². The van der Waals surface area contributed by atoms with E-state index in [1.807, 2.05) is 24.3 Å². The van der Waals surface area contributed by atoms with Gasteiger partial charge in [0.2, 0.25) is 0 Å². The first-order valence-electron chi connectivity index (χ1n) is 6.37. The summed E-state index contributed by atoms with van der Waals surface area (Å²) in [6.45, 7) is 0. The molecule has 0 fully saturated rings. The number of fused-ring (bicyclic) bond motifs is 1. The van der Waals surface area contributed by atoms with Crippen molar-refractivity contribution in [2.24, 2.45) is 10.2 Å². The van der Waals surface area contributed by atoms with Crippen molar-refractivity contribution in [1.29, 1.82) is 0 Å². The van der Waals surface area contributed by atoms with Crippen LogP contribution < -0.4 is 0 Å². The third-order valence-electron chi connectivity index (χ3n) is 3.15. The normalized spacial score (nSPS) is 11.4. The molecule has 22 heavy (non-hydrogen) atoms. The maximum absolute atomic E-state index is 10.00. The molecule has 0 spiro atoms. The zero-order valence-electron chi connectivity index (χ0n) is 11.2. The quantitative estimate of drug-likeness (QED) is 0.567. The Morgan fingerprint density at radius 3 is 2.45 bits per heavy atom. The highest BCUT2D eigenvalue weighted by atomic mass is 35.5. The predicted molar refractivity (Wildman–Crippen MR) is 87.9 cm³/mol. The molecule has 0 bridgehead atoms. The number of phenolic OH excluding ortho intramolecular Hbond substituents is 2. The van der Waals surface area contributed by atoms with Gasteiger partial charge < -0.3 is 10.2 Å². The van der Waals surface area contributed by atoms with Crippen molar-refractivity contribution in [1.82, 2.24) is 0 Å². The molecule has 0 amide bonds. The number of rotatable bonds is 2. The van der Waals surface area contributed by atoms with E-state index < -0.39 is 0 Å². The highest BCUT2D eigenvalue weighted by molar-refractivity contribution is 6.36. The van der Waals surface area contributed by atoms with Gasteiger partial charge >= 0.3 is 0 Å². The van der Waals surface area contributed by atoms with Crippen LogP contribution in [0.3, 0.4) is 0 Å². The highest BCUT2D eigenvalue weighted by Crippen LogP contribution is 2.40. The van der Waals surface area contributed by atoms with Gasteiger partial charge in [0.25, 0.3) is 0 Å². The van der Waals surface area contributed by atoms with E-state index in [2.05, 4.69) is 10.2 Å². The van der Waals surface area contributed by atoms with Crippen molar-refractivity contribution in [2.75, 3.05) is 0 Å². The number of phenols is 2. The summed E-state index contributed by atoms with van der Waals surface area (Å²) in [5, 5.41) is 30.0. The molecule has 0 aromatic heterocycles. The monoisotopic (exact) mass is 332 g/mol. The van der Waals surface area contributed by atoms with Crippen molar-refractivity contribution in [3.63, 3.8) is 0 Å². The first kappa shape index (κ1) is 14.6. The number of aromatic hydroxyl groups is 2. The van der Waals surface area contributed by atoms with Gasteiger partial charge in [-0.25, -0.2) is 0 Å². The van der Waals surface area contributed by atoms with Gasteiger partial charge in [-0.05, 0) is 23.6 Å². The fraction of sp³-hybridized carbons (Fsp3) is 0. The molecule has 3 aromatic carbocycles. The lowest BCUT2D eigenvalue weighted by Crippen LogP contribution is -1.75. The zero-order chi connectivity index (χ0) is 15.7. The fourth-order valence-electron chi connectivity index (χ4n) is 2.08. The second-order valence-electron chi connectivity index (χ2n) is 4.61. The zero-order valence-corrected chi connectivity index (χ0v) is 12.7. The molecule has 0 aliphatic heterocycles. The lowest BCUT2D eigenvalue weighted by Gasteiger charge is -2.04. The topological polar surface area (TPSA) is 65.2 Å². The van der Waals surface area contributed by atoms with Gasteiger partial charge in [-0.3, -0.25) is 0 Å². The molecule has 0 aliphatic rings. The van der Waals surface area contributed by atoms with Crippen LogP contribution in [-0.2, 0) is 0 Å². The van der Waals surface area contributed by atoms with E-state index in [4.69, 9.17) is 23.2 Å². The van der Waals surface area contributed by atoms with Crippen LogP contribution in [-0.4, -0.2) is 10.2 Å². The summed E-state index contributed by atoms with van der Waals surface area (Å²) < 4.78 is 0. The summed E-state index contributed by atoms with van der Waals surface area (Å²) in [7, 11) is 0. The molecule has 0 radical (unpaired) electrons. The van der Waals surface area contributed by atoms with Crippen LogP contribution in [0.2, 0.25) is 10.0 Å². The molecule has 0 unspecified atom stereocenters. The molecule has 0 atom stereocenters. The van der Waals surface area contributed by atoms with E-state index in [-0.39, 0.29) is 22.2 Å². The molecule has 0 heterocycles. The Balaban J connectivity index is 2.12. The average Bonchev–Trinajstić information content (AvgIpc) is 2.50. The van der Waals surface area contributed by atoms with Crippen molar-refractivity contribution in [2.45, 2.75) is 0 Å². The first-order valence-corrected chi connectivity index (χ1v) is 7.12. The molecule has 0 saturated carbocycles. The Bertz CT molecular complexity index is 895. The first-order chi connectivity index (χ1) is 10.6. The molecule has 3 rings (SSSR count). The van der Waals surface area contributed by atoms with E-state index in [0.29, 0.717) is 10.7 Å². The molecule has 0 aliphatic carbocycles. The molecule has 3 aromatic rings. The van der Waals surface area contributed by atoms with E-state index in [0.717, 1.165) is 10.8 Å². The Labute approximate surface area is 136 Å². The van der Waals surface area contributed by atoms with E-state index >= 15 is 0 Å². The molecule has 2 N–H and O–H groups in total. The average molecular weight is 333 g/mol. The van der Waals surface area contributed by atoms with Crippen LogP contribution in [0.5, 0.6) is 11.5 Å². The third-order valence-corrected chi connectivity index (χ3v) is 3.65. The fourth-order valence-corrected chi connectivity index (χ4v) is 2.56. The number of azo groups is 1. The summed E-state index contributed by atoms with van der Waals surface area (Å²) in [5.74, 6) is -0.218. The molecular formula is C16H10Cl2N2O2. The molecular weight excluding hydrogens is 323 g/mol. The number of nitrogens with zero attached hydrogens (tertiary/aromatic N) is 2. The van der Waals surface area contributed by atoms with Gasteiger partial charge in [0.1, 0.15) is 17.1 Å². The molecule has 6 heteroatoms. The predicted octanol–water partition coefficient (Wildman–Crippen LogP) is 5.97. The minimum absolute atomic E-state index is 0.00457. The Kier molecular flexibility index (Phi) is 3.88. The van der Waals surface area contributed by atoms with Crippen LogP contribution in [0.4, 0.5) is 11.4 Å². The van der Waals surface area contributed by atoms with Gasteiger partial charge in [0.15, 0.2) is 5.75 Å². The van der Waals surface area contributed by atoms with Gasteiger partial charge in [-0.2, -0.15) is 0 Å². The SMILES string of the molecule is Oc1ccc2ccccc2c1N=Nc1cc(Cl)cc(Cl)c1O. The van der Waals surface area contributed by atoms with Crippen molar-refractivity contribution >= 4 is 45.3 Å². The van der Waals surface area contributed by atoms with E-state index in [1.165, 1.54) is 12.1 Å². The van der Waals surface area contributed by atoms with Crippen molar-refractivity contribution in [3.8, 4) is 11.5 Å². The Morgan fingerprint density at radius 2 is 1.64 bits per heavy atom. The largest absolute Gasteiger partial charge is 0.506 e. The number of benzene rings is 3. The lowest BCUT2D eigenvalue weighted by atomic mass is 10.1. The van der Waals surface area contributed by atoms with Crippen molar-refractivity contribution in [3.05, 3.63) is 58.6 Å². The summed E-state index contributed by atoms with van der Waals surface area (Å²) in [6.07, 6.45) is 0. The van der Waals surface area contributed by atoms with Crippen LogP contribution in [0, 0.1) is 0 Å².